The first-order chi connectivity index (χ1) is 5.31. The lowest BCUT2D eigenvalue weighted by atomic mass is 10.3. The van der Waals surface area contributed by atoms with Crippen molar-refractivity contribution in [3.05, 3.63) is 12.3 Å². The van der Waals surface area contributed by atoms with Crippen molar-refractivity contribution < 1.29 is 4.79 Å². The number of aliphatic imine (C=N–C) groups is 1. The Balaban J connectivity index is 3.61. The normalized spacial score (nSPS) is 12.4. The first kappa shape index (κ1) is 10.4. The topological polar surface area (TPSA) is 29.4 Å². The van der Waals surface area contributed by atoms with Crippen LogP contribution in [0.4, 0.5) is 0 Å². The molecule has 0 unspecified atom stereocenters. The van der Waals surface area contributed by atoms with E-state index in [-0.39, 0.29) is 6.42 Å². The van der Waals surface area contributed by atoms with Crippen LogP contribution in [-0.2, 0) is 4.79 Å². The molecule has 62 valence electrons. The predicted molar refractivity (Wildman–Crippen MR) is 48.0 cm³/mol. The molecule has 0 saturated heterocycles. The standard InChI is InChI=1S/C8H12ClNO/c1-2-3-4-6-10-8(9)5-7-11/h4,6-7H,2-3,5H2,1H3/b6-4-,10-8?. The minimum atomic E-state index is 0.206. The number of hydrogen-bond donors (Lipinski definition) is 0. The number of halogens is 1. The van der Waals surface area contributed by atoms with Gasteiger partial charge in [-0.25, -0.2) is 4.99 Å². The second-order valence-corrected chi connectivity index (χ2v) is 2.49. The summed E-state index contributed by atoms with van der Waals surface area (Å²) in [6.07, 6.45) is 6.59. The third kappa shape index (κ3) is 7.26. The molecule has 0 fully saturated rings. The number of allylic oxidation sites excluding steroid dienone is 1. The lowest BCUT2D eigenvalue weighted by Crippen LogP contribution is -1.85. The molecule has 3 heteroatoms. The number of unbranched alkanes of at least 4 members (excludes halogenated alkanes) is 1. The molecule has 0 aliphatic rings. The Kier molecular flexibility index (Phi) is 7.05. The maximum atomic E-state index is 9.91. The lowest BCUT2D eigenvalue weighted by Gasteiger charge is -1.85. The van der Waals surface area contributed by atoms with E-state index in [0.29, 0.717) is 5.17 Å². The van der Waals surface area contributed by atoms with Crippen molar-refractivity contribution in [3.63, 3.8) is 0 Å². The summed E-state index contributed by atoms with van der Waals surface area (Å²) < 4.78 is 0. The van der Waals surface area contributed by atoms with E-state index in [1.165, 1.54) is 0 Å². The molecule has 0 N–H and O–H groups in total. The van der Waals surface area contributed by atoms with Crippen LogP contribution in [0.15, 0.2) is 17.3 Å². The Labute approximate surface area is 72.0 Å². The number of nitrogens with zero attached hydrogens (tertiary/aromatic N) is 1. The van der Waals surface area contributed by atoms with Gasteiger partial charge >= 0.3 is 0 Å². The average molecular weight is 174 g/mol. The maximum absolute atomic E-state index is 9.91. The van der Waals surface area contributed by atoms with Gasteiger partial charge in [0.25, 0.3) is 0 Å². The summed E-state index contributed by atoms with van der Waals surface area (Å²) in [5.74, 6) is 0. The van der Waals surface area contributed by atoms with E-state index in [1.807, 2.05) is 6.08 Å². The van der Waals surface area contributed by atoms with Crippen LogP contribution in [0.25, 0.3) is 0 Å². The number of carbonyl (C=O) groups excluding carboxylic acids is 1. The van der Waals surface area contributed by atoms with Crippen LogP contribution in [0.5, 0.6) is 0 Å². The summed E-state index contributed by atoms with van der Waals surface area (Å²) in [5.41, 5.74) is 0. The Bertz CT molecular complexity index is 163. The molecule has 0 atom stereocenters. The Morgan fingerprint density at radius 1 is 1.64 bits per heavy atom. The van der Waals surface area contributed by atoms with Gasteiger partial charge in [0.1, 0.15) is 11.5 Å². The molecule has 0 aliphatic heterocycles. The zero-order valence-corrected chi connectivity index (χ0v) is 7.34. The number of hydrogen-bond acceptors (Lipinski definition) is 2. The van der Waals surface area contributed by atoms with E-state index in [1.54, 1.807) is 6.20 Å². The van der Waals surface area contributed by atoms with Gasteiger partial charge in [-0.2, -0.15) is 0 Å². The smallest absolute Gasteiger partial charge is 0.126 e. The molecule has 0 aromatic heterocycles. The fourth-order valence-electron chi connectivity index (χ4n) is 0.496. The van der Waals surface area contributed by atoms with Crippen molar-refractivity contribution in [2.75, 3.05) is 0 Å². The molecule has 2 nitrogen and oxygen atoms in total. The van der Waals surface area contributed by atoms with E-state index in [2.05, 4.69) is 11.9 Å². The van der Waals surface area contributed by atoms with Crippen LogP contribution in [0.1, 0.15) is 26.2 Å². The average Bonchev–Trinajstić information content (AvgIpc) is 1.99. The maximum Gasteiger partial charge on any atom is 0.126 e. The van der Waals surface area contributed by atoms with E-state index in [4.69, 9.17) is 11.6 Å². The minimum absolute atomic E-state index is 0.206. The Morgan fingerprint density at radius 2 is 2.36 bits per heavy atom. The summed E-state index contributed by atoms with van der Waals surface area (Å²) in [5, 5.41) is 0.340. The van der Waals surface area contributed by atoms with Gasteiger partial charge in [0.2, 0.25) is 0 Å². The third-order valence-electron chi connectivity index (χ3n) is 1.03. The monoisotopic (exact) mass is 173 g/mol. The quantitative estimate of drug-likeness (QED) is 0.464. The van der Waals surface area contributed by atoms with Crippen molar-refractivity contribution in [1.29, 1.82) is 0 Å². The SMILES string of the molecule is CCC/C=C\N=C(Cl)CC=O. The van der Waals surface area contributed by atoms with Gasteiger partial charge in [-0.05, 0) is 6.42 Å². The molecule has 0 aliphatic carbocycles. The minimum Gasteiger partial charge on any atom is -0.303 e. The largest absolute Gasteiger partial charge is 0.303 e. The second-order valence-electron chi connectivity index (χ2n) is 2.05. The number of rotatable bonds is 5. The molecule has 0 rings (SSSR count). The molecular formula is C8H12ClNO. The highest BCUT2D eigenvalue weighted by Crippen LogP contribution is 1.93. The van der Waals surface area contributed by atoms with Gasteiger partial charge in [-0.1, -0.05) is 31.0 Å². The second kappa shape index (κ2) is 7.48. The highest BCUT2D eigenvalue weighted by molar-refractivity contribution is 6.66. The van der Waals surface area contributed by atoms with E-state index >= 15 is 0 Å². The molecule has 11 heavy (non-hydrogen) atoms. The molecule has 0 radical (unpaired) electrons. The van der Waals surface area contributed by atoms with Crippen LogP contribution in [-0.4, -0.2) is 11.5 Å². The third-order valence-corrected chi connectivity index (χ3v) is 1.28. The molecule has 0 saturated carbocycles. The van der Waals surface area contributed by atoms with Crippen molar-refractivity contribution >= 4 is 23.1 Å². The van der Waals surface area contributed by atoms with Crippen LogP contribution in [0.3, 0.4) is 0 Å². The summed E-state index contributed by atoms with van der Waals surface area (Å²) in [4.78, 5) is 13.7. The van der Waals surface area contributed by atoms with Gasteiger partial charge in [0.05, 0.1) is 6.42 Å². The zero-order valence-electron chi connectivity index (χ0n) is 6.59. The zero-order chi connectivity index (χ0) is 8.53. The van der Waals surface area contributed by atoms with Crippen LogP contribution in [0.2, 0.25) is 0 Å². The van der Waals surface area contributed by atoms with Crippen LogP contribution < -0.4 is 0 Å². The van der Waals surface area contributed by atoms with Crippen molar-refractivity contribution in [2.24, 2.45) is 4.99 Å². The van der Waals surface area contributed by atoms with Gasteiger partial charge in [0, 0.05) is 6.20 Å². The van der Waals surface area contributed by atoms with Crippen LogP contribution in [0, 0.1) is 0 Å². The van der Waals surface area contributed by atoms with Crippen molar-refractivity contribution in [2.45, 2.75) is 26.2 Å². The summed E-state index contributed by atoms with van der Waals surface area (Å²) in [6, 6.07) is 0. The summed E-state index contributed by atoms with van der Waals surface area (Å²) in [7, 11) is 0. The fraction of sp³-hybridized carbons (Fsp3) is 0.500. The van der Waals surface area contributed by atoms with E-state index < -0.39 is 0 Å². The first-order valence-corrected chi connectivity index (χ1v) is 3.99. The van der Waals surface area contributed by atoms with Gasteiger partial charge in [0.15, 0.2) is 0 Å². The van der Waals surface area contributed by atoms with Crippen molar-refractivity contribution in [3.8, 4) is 0 Å². The molecular weight excluding hydrogens is 162 g/mol. The lowest BCUT2D eigenvalue weighted by molar-refractivity contribution is -0.106. The van der Waals surface area contributed by atoms with Gasteiger partial charge < -0.3 is 4.79 Å². The van der Waals surface area contributed by atoms with Crippen LogP contribution >= 0.6 is 11.6 Å². The summed E-state index contributed by atoms with van der Waals surface area (Å²) >= 11 is 5.53. The van der Waals surface area contributed by atoms with Crippen molar-refractivity contribution in [1.82, 2.24) is 0 Å². The highest BCUT2D eigenvalue weighted by Gasteiger charge is 1.87. The first-order valence-electron chi connectivity index (χ1n) is 3.62. The van der Waals surface area contributed by atoms with E-state index in [0.717, 1.165) is 19.1 Å². The molecule has 0 spiro atoms. The Hall–Kier alpha value is -0.630. The molecule has 0 aromatic rings. The fourth-order valence-corrected chi connectivity index (χ4v) is 0.616. The molecule has 0 bridgehead atoms. The molecule has 0 heterocycles. The van der Waals surface area contributed by atoms with Gasteiger partial charge in [-0.15, -0.1) is 0 Å². The molecule has 0 amide bonds. The van der Waals surface area contributed by atoms with Gasteiger partial charge in [-0.3, -0.25) is 0 Å². The predicted octanol–water partition coefficient (Wildman–Crippen LogP) is 2.53. The number of carbonyl (C=O) groups is 1. The molecule has 0 aromatic carbocycles. The van der Waals surface area contributed by atoms with E-state index in [9.17, 15) is 4.79 Å². The Morgan fingerprint density at radius 3 is 2.91 bits per heavy atom. The summed E-state index contributed by atoms with van der Waals surface area (Å²) in [6.45, 7) is 2.08. The number of aldehydes is 1. The highest BCUT2D eigenvalue weighted by atomic mass is 35.5.